The van der Waals surface area contributed by atoms with Crippen molar-refractivity contribution in [2.75, 3.05) is 31.1 Å². The Morgan fingerprint density at radius 2 is 1.75 bits per heavy atom. The van der Waals surface area contributed by atoms with E-state index in [1.54, 1.807) is 6.07 Å². The highest BCUT2D eigenvalue weighted by Crippen LogP contribution is 2.40. The normalized spacial score (nSPS) is 17.2. The quantitative estimate of drug-likeness (QED) is 0.442. The van der Waals surface area contributed by atoms with E-state index in [1.165, 1.54) is 29.7 Å². The summed E-state index contributed by atoms with van der Waals surface area (Å²) in [6, 6.07) is 23.1. The second kappa shape index (κ2) is 8.06. The molecule has 2 aromatic heterocycles. The summed E-state index contributed by atoms with van der Waals surface area (Å²) in [5.41, 5.74) is 6.52. The first kappa shape index (κ1) is 19.5. The number of piperazine rings is 1. The van der Waals surface area contributed by atoms with Crippen molar-refractivity contribution in [3.63, 3.8) is 0 Å². The number of fused-ring (bicyclic) bond motifs is 1. The van der Waals surface area contributed by atoms with E-state index in [9.17, 15) is 4.39 Å². The van der Waals surface area contributed by atoms with Gasteiger partial charge in [0.2, 0.25) is 0 Å². The Morgan fingerprint density at radius 1 is 0.938 bits per heavy atom. The third-order valence-corrected chi connectivity index (χ3v) is 6.73. The Kier molecular flexibility index (Phi) is 4.91. The lowest BCUT2D eigenvalue weighted by Gasteiger charge is -2.36. The van der Waals surface area contributed by atoms with Crippen molar-refractivity contribution < 1.29 is 4.39 Å². The van der Waals surface area contributed by atoms with Gasteiger partial charge >= 0.3 is 0 Å². The average molecular weight is 426 g/mol. The van der Waals surface area contributed by atoms with Crippen LogP contribution in [-0.2, 0) is 6.54 Å². The number of pyridine rings is 1. The summed E-state index contributed by atoms with van der Waals surface area (Å²) in [7, 11) is 0. The molecule has 4 nitrogen and oxygen atoms in total. The van der Waals surface area contributed by atoms with Crippen molar-refractivity contribution in [2.45, 2.75) is 25.3 Å². The molecule has 6 rings (SSSR count). The molecule has 1 aliphatic heterocycles. The fourth-order valence-electron chi connectivity index (χ4n) is 4.77. The van der Waals surface area contributed by atoms with Crippen molar-refractivity contribution in [1.82, 2.24) is 14.3 Å². The van der Waals surface area contributed by atoms with Crippen LogP contribution in [0.5, 0.6) is 0 Å². The van der Waals surface area contributed by atoms with Crippen LogP contribution in [0.25, 0.3) is 16.9 Å². The monoisotopic (exact) mass is 425 g/mol. The average Bonchev–Trinajstić information content (AvgIpc) is 3.63. The molecule has 0 unspecified atom stereocenters. The highest BCUT2D eigenvalue weighted by Gasteiger charge is 2.25. The Morgan fingerprint density at radius 3 is 2.50 bits per heavy atom. The molecule has 5 heteroatoms. The van der Waals surface area contributed by atoms with Gasteiger partial charge in [0.05, 0.1) is 17.1 Å². The molecule has 1 saturated carbocycles. The van der Waals surface area contributed by atoms with Crippen LogP contribution >= 0.6 is 0 Å². The summed E-state index contributed by atoms with van der Waals surface area (Å²) in [4.78, 5) is 9.55. The molecule has 2 aromatic carbocycles. The molecule has 0 N–H and O–H groups in total. The van der Waals surface area contributed by atoms with E-state index in [1.807, 2.05) is 18.2 Å². The van der Waals surface area contributed by atoms with E-state index in [4.69, 9.17) is 4.98 Å². The molecular formula is C27H26FN4. The molecule has 3 heterocycles. The fraction of sp³-hybridized carbons (Fsp3) is 0.296. The topological polar surface area (TPSA) is 23.8 Å². The van der Waals surface area contributed by atoms with Crippen LogP contribution in [0.15, 0.2) is 66.9 Å². The van der Waals surface area contributed by atoms with Gasteiger partial charge in [0, 0.05) is 50.6 Å². The molecule has 1 saturated heterocycles. The van der Waals surface area contributed by atoms with E-state index in [0.29, 0.717) is 5.69 Å². The smallest absolute Gasteiger partial charge is 0.154 e. The van der Waals surface area contributed by atoms with Gasteiger partial charge in [0.15, 0.2) is 5.82 Å². The number of imidazole rings is 1. The van der Waals surface area contributed by atoms with Crippen LogP contribution in [0, 0.1) is 11.9 Å². The summed E-state index contributed by atoms with van der Waals surface area (Å²) in [6.45, 7) is 4.19. The van der Waals surface area contributed by atoms with Crippen LogP contribution < -0.4 is 4.90 Å². The summed E-state index contributed by atoms with van der Waals surface area (Å²) in [5, 5.41) is 0. The Balaban J connectivity index is 1.25. The molecule has 161 valence electrons. The molecular weight excluding hydrogens is 399 g/mol. The highest BCUT2D eigenvalue weighted by atomic mass is 19.1. The van der Waals surface area contributed by atoms with Gasteiger partial charge in [-0.15, -0.1) is 0 Å². The second-order valence-electron chi connectivity index (χ2n) is 8.86. The first-order valence-electron chi connectivity index (χ1n) is 11.5. The number of aromatic nitrogens is 2. The number of benzene rings is 2. The summed E-state index contributed by atoms with van der Waals surface area (Å²) < 4.78 is 16.4. The predicted molar refractivity (Wildman–Crippen MR) is 125 cm³/mol. The molecule has 0 amide bonds. The lowest BCUT2D eigenvalue weighted by atomic mass is 10.0. The summed E-state index contributed by atoms with van der Waals surface area (Å²) in [6.07, 6.45) is 4.73. The zero-order valence-electron chi connectivity index (χ0n) is 18.0. The molecule has 0 bridgehead atoms. The van der Waals surface area contributed by atoms with Gasteiger partial charge in [0.1, 0.15) is 5.65 Å². The first-order chi connectivity index (χ1) is 15.8. The van der Waals surface area contributed by atoms with Gasteiger partial charge in [-0.2, -0.15) is 0 Å². The third kappa shape index (κ3) is 3.67. The predicted octanol–water partition coefficient (Wildman–Crippen LogP) is 5.14. The van der Waals surface area contributed by atoms with Crippen molar-refractivity contribution >= 4 is 11.3 Å². The number of nitrogens with zero attached hydrogens (tertiary/aromatic N) is 4. The third-order valence-electron chi connectivity index (χ3n) is 6.73. The number of rotatable bonds is 5. The van der Waals surface area contributed by atoms with Crippen molar-refractivity contribution in [3.05, 3.63) is 90.0 Å². The molecule has 0 spiro atoms. The minimum Gasteiger partial charge on any atom is -0.367 e. The fourth-order valence-corrected chi connectivity index (χ4v) is 4.77. The maximum absolute atomic E-state index is 14.2. The lowest BCUT2D eigenvalue weighted by molar-refractivity contribution is 0.246. The largest absolute Gasteiger partial charge is 0.367 e. The summed E-state index contributed by atoms with van der Waals surface area (Å²) >= 11 is 0. The second-order valence-corrected chi connectivity index (χ2v) is 8.86. The SMILES string of the molecule is Fc1[c]cccc1N1CCN(Cc2c(-c3ccc(C4CC4)cc3)nc3ccccn23)CC1. The minimum absolute atomic E-state index is 0.264. The number of hydrogen-bond acceptors (Lipinski definition) is 3. The zero-order valence-corrected chi connectivity index (χ0v) is 18.0. The summed E-state index contributed by atoms with van der Waals surface area (Å²) in [5.74, 6) is 0.493. The minimum atomic E-state index is -0.264. The molecule has 2 aliphatic rings. The molecule has 0 atom stereocenters. The molecule has 1 radical (unpaired) electrons. The van der Waals surface area contributed by atoms with E-state index in [0.717, 1.165) is 50.0 Å². The highest BCUT2D eigenvalue weighted by molar-refractivity contribution is 5.67. The van der Waals surface area contributed by atoms with Gasteiger partial charge < -0.3 is 9.30 Å². The van der Waals surface area contributed by atoms with Crippen LogP contribution in [0.3, 0.4) is 0 Å². The van der Waals surface area contributed by atoms with Crippen molar-refractivity contribution in [1.29, 1.82) is 0 Å². The van der Waals surface area contributed by atoms with Crippen LogP contribution in [0.4, 0.5) is 10.1 Å². The maximum Gasteiger partial charge on any atom is 0.154 e. The Bertz CT molecular complexity index is 1230. The van der Waals surface area contributed by atoms with Crippen LogP contribution in [0.2, 0.25) is 0 Å². The first-order valence-corrected chi connectivity index (χ1v) is 11.5. The van der Waals surface area contributed by atoms with Crippen LogP contribution in [0.1, 0.15) is 30.0 Å². The van der Waals surface area contributed by atoms with E-state index >= 15 is 0 Å². The standard InChI is InChI=1S/C27H26FN4/c28-23-5-1-2-6-24(23)31-17-15-30(16-18-31)19-25-27(29-26-7-3-4-14-32(25)26)22-12-10-21(11-13-22)20-8-9-20/h1-4,6-7,10-14,20H,8-9,15-19H2. The lowest BCUT2D eigenvalue weighted by Crippen LogP contribution is -2.46. The van der Waals surface area contributed by atoms with E-state index < -0.39 is 0 Å². The molecule has 1 aliphatic carbocycles. The van der Waals surface area contributed by atoms with Gasteiger partial charge in [-0.3, -0.25) is 4.90 Å². The molecule has 32 heavy (non-hydrogen) atoms. The Labute approximate surface area is 187 Å². The van der Waals surface area contributed by atoms with E-state index in [-0.39, 0.29) is 5.82 Å². The van der Waals surface area contributed by atoms with Gasteiger partial charge in [-0.25, -0.2) is 9.37 Å². The van der Waals surface area contributed by atoms with Gasteiger partial charge in [-0.1, -0.05) is 42.5 Å². The maximum atomic E-state index is 14.2. The van der Waals surface area contributed by atoms with Crippen LogP contribution in [-0.4, -0.2) is 40.5 Å². The number of anilines is 1. The molecule has 4 aromatic rings. The van der Waals surface area contributed by atoms with Gasteiger partial charge in [0.25, 0.3) is 0 Å². The van der Waals surface area contributed by atoms with Gasteiger partial charge in [-0.05, 0) is 42.5 Å². The Hall–Kier alpha value is -3.18. The number of halogens is 1. The van der Waals surface area contributed by atoms with Crippen molar-refractivity contribution in [2.24, 2.45) is 0 Å². The zero-order chi connectivity index (χ0) is 21.5. The van der Waals surface area contributed by atoms with E-state index in [2.05, 4.69) is 62.9 Å². The molecule has 2 fully saturated rings. The van der Waals surface area contributed by atoms with Crippen molar-refractivity contribution in [3.8, 4) is 11.3 Å². The number of hydrogen-bond donors (Lipinski definition) is 0.